The molecular formula is C13H17ClO4. The van der Waals surface area contributed by atoms with Crippen molar-refractivity contribution in [2.24, 2.45) is 0 Å². The lowest BCUT2D eigenvalue weighted by molar-refractivity contribution is -0.161. The Bertz CT molecular complexity index is 405. The second-order valence-electron chi connectivity index (χ2n) is 3.65. The van der Waals surface area contributed by atoms with Crippen LogP contribution in [0.5, 0.6) is 0 Å². The van der Waals surface area contributed by atoms with E-state index >= 15 is 0 Å². The molecule has 0 aromatic heterocycles. The Kier molecular flexibility index (Phi) is 6.41. The lowest BCUT2D eigenvalue weighted by Gasteiger charge is -2.26. The zero-order valence-electron chi connectivity index (χ0n) is 10.4. The number of halogens is 1. The van der Waals surface area contributed by atoms with Crippen LogP contribution in [0.25, 0.3) is 0 Å². The second-order valence-corrected chi connectivity index (χ2v) is 3.65. The van der Waals surface area contributed by atoms with Gasteiger partial charge in [0.2, 0.25) is 0 Å². The fourth-order valence-corrected chi connectivity index (χ4v) is 1.81. The summed E-state index contributed by atoms with van der Waals surface area (Å²) in [5.41, 5.74) is -1.15. The maximum atomic E-state index is 11.9. The highest BCUT2D eigenvalue weighted by atomic mass is 35.5. The van der Waals surface area contributed by atoms with Gasteiger partial charge in [0, 0.05) is 0 Å². The van der Waals surface area contributed by atoms with Crippen molar-refractivity contribution in [3.63, 3.8) is 0 Å². The Balaban J connectivity index is 0.00000289. The van der Waals surface area contributed by atoms with E-state index in [4.69, 9.17) is 4.74 Å². The number of benzene rings is 1. The number of esters is 1. The van der Waals surface area contributed by atoms with Crippen molar-refractivity contribution in [2.75, 3.05) is 6.61 Å². The average Bonchev–Trinajstić information content (AvgIpc) is 2.32. The molecule has 0 radical (unpaired) electrons. The summed E-state index contributed by atoms with van der Waals surface area (Å²) in [5.74, 6) is -1.88. The molecule has 0 fully saturated rings. The number of aliphatic carboxylic acids is 1. The molecule has 1 aromatic rings. The van der Waals surface area contributed by atoms with Crippen molar-refractivity contribution in [1.82, 2.24) is 0 Å². The van der Waals surface area contributed by atoms with Crippen molar-refractivity contribution < 1.29 is 19.4 Å². The molecular weight excluding hydrogens is 256 g/mol. The highest BCUT2D eigenvalue weighted by molar-refractivity contribution is 6.05. The molecule has 1 rings (SSSR count). The van der Waals surface area contributed by atoms with E-state index in [9.17, 15) is 14.7 Å². The van der Waals surface area contributed by atoms with Crippen LogP contribution in [0, 0.1) is 0 Å². The van der Waals surface area contributed by atoms with Gasteiger partial charge in [-0.15, -0.1) is 12.4 Å². The molecule has 0 spiro atoms. The first kappa shape index (κ1) is 16.4. The van der Waals surface area contributed by atoms with Crippen LogP contribution in [-0.4, -0.2) is 23.7 Å². The van der Waals surface area contributed by atoms with E-state index in [-0.39, 0.29) is 25.4 Å². The summed E-state index contributed by atoms with van der Waals surface area (Å²) in [5, 5.41) is 9.37. The van der Waals surface area contributed by atoms with Gasteiger partial charge >= 0.3 is 11.9 Å². The zero-order valence-corrected chi connectivity index (χ0v) is 11.2. The summed E-state index contributed by atoms with van der Waals surface area (Å²) in [6.07, 6.45) is 0.158. The van der Waals surface area contributed by atoms with Crippen molar-refractivity contribution in [2.45, 2.75) is 25.7 Å². The largest absolute Gasteiger partial charge is 0.480 e. The van der Waals surface area contributed by atoms with Crippen LogP contribution in [0.3, 0.4) is 0 Å². The molecule has 0 saturated heterocycles. The van der Waals surface area contributed by atoms with Gasteiger partial charge in [-0.05, 0) is 18.9 Å². The highest BCUT2D eigenvalue weighted by Gasteiger charge is 2.47. The molecule has 0 bridgehead atoms. The topological polar surface area (TPSA) is 63.6 Å². The van der Waals surface area contributed by atoms with Gasteiger partial charge in [0.15, 0.2) is 5.41 Å². The van der Waals surface area contributed by atoms with Gasteiger partial charge in [0.25, 0.3) is 0 Å². The van der Waals surface area contributed by atoms with Gasteiger partial charge in [0.05, 0.1) is 6.61 Å². The van der Waals surface area contributed by atoms with Crippen molar-refractivity contribution in [3.8, 4) is 0 Å². The second kappa shape index (κ2) is 7.01. The minimum absolute atomic E-state index is 0. The van der Waals surface area contributed by atoms with E-state index in [2.05, 4.69) is 0 Å². The van der Waals surface area contributed by atoms with Crippen LogP contribution in [0.2, 0.25) is 0 Å². The third kappa shape index (κ3) is 2.82. The van der Waals surface area contributed by atoms with E-state index in [0.717, 1.165) is 0 Å². The number of hydrogen-bond donors (Lipinski definition) is 1. The smallest absolute Gasteiger partial charge is 0.328 e. The molecule has 1 atom stereocenters. The molecule has 0 aliphatic rings. The first-order chi connectivity index (χ1) is 8.09. The lowest BCUT2D eigenvalue weighted by atomic mass is 9.78. The number of rotatable bonds is 5. The summed E-state index contributed by atoms with van der Waals surface area (Å²) >= 11 is 0. The molecule has 0 saturated carbocycles. The van der Waals surface area contributed by atoms with Crippen LogP contribution >= 0.6 is 12.4 Å². The molecule has 5 heteroatoms. The summed E-state index contributed by atoms with van der Waals surface area (Å²) in [6.45, 7) is 3.49. The number of carbonyl (C=O) groups excluding carboxylic acids is 1. The molecule has 1 N–H and O–H groups in total. The Labute approximate surface area is 112 Å². The summed E-state index contributed by atoms with van der Waals surface area (Å²) in [4.78, 5) is 23.4. The molecule has 18 heavy (non-hydrogen) atoms. The first-order valence-corrected chi connectivity index (χ1v) is 5.55. The van der Waals surface area contributed by atoms with Crippen LogP contribution in [0.4, 0.5) is 0 Å². The molecule has 0 amide bonds. The summed E-state index contributed by atoms with van der Waals surface area (Å²) < 4.78 is 4.89. The van der Waals surface area contributed by atoms with Crippen LogP contribution in [-0.2, 0) is 19.7 Å². The Morgan fingerprint density at radius 2 is 1.78 bits per heavy atom. The van der Waals surface area contributed by atoms with E-state index < -0.39 is 17.4 Å². The third-order valence-corrected chi connectivity index (χ3v) is 2.79. The molecule has 0 aliphatic carbocycles. The predicted octanol–water partition coefficient (Wildman–Crippen LogP) is 2.40. The van der Waals surface area contributed by atoms with Gasteiger partial charge in [0.1, 0.15) is 0 Å². The average molecular weight is 273 g/mol. The fourth-order valence-electron chi connectivity index (χ4n) is 1.81. The molecule has 0 aliphatic heterocycles. The molecule has 0 heterocycles. The quantitative estimate of drug-likeness (QED) is 0.660. The first-order valence-electron chi connectivity index (χ1n) is 5.55. The van der Waals surface area contributed by atoms with Gasteiger partial charge in [-0.1, -0.05) is 37.3 Å². The summed E-state index contributed by atoms with van der Waals surface area (Å²) in [6, 6.07) is 8.46. The Morgan fingerprint density at radius 3 is 2.17 bits per heavy atom. The van der Waals surface area contributed by atoms with E-state index in [0.29, 0.717) is 5.56 Å². The number of carbonyl (C=O) groups is 2. The van der Waals surface area contributed by atoms with Gasteiger partial charge in [-0.2, -0.15) is 0 Å². The number of ether oxygens (including phenoxy) is 1. The molecule has 1 unspecified atom stereocenters. The van der Waals surface area contributed by atoms with Gasteiger partial charge in [-0.3, -0.25) is 9.59 Å². The lowest BCUT2D eigenvalue weighted by Crippen LogP contribution is -2.44. The third-order valence-electron chi connectivity index (χ3n) is 2.79. The van der Waals surface area contributed by atoms with Crippen LogP contribution < -0.4 is 0 Å². The van der Waals surface area contributed by atoms with E-state index in [1.807, 2.05) is 0 Å². The van der Waals surface area contributed by atoms with Gasteiger partial charge < -0.3 is 9.84 Å². The molecule has 4 nitrogen and oxygen atoms in total. The minimum atomic E-state index is -1.60. The van der Waals surface area contributed by atoms with Gasteiger partial charge in [-0.25, -0.2) is 0 Å². The van der Waals surface area contributed by atoms with Crippen molar-refractivity contribution in [3.05, 3.63) is 35.9 Å². The van der Waals surface area contributed by atoms with Crippen molar-refractivity contribution in [1.29, 1.82) is 0 Å². The van der Waals surface area contributed by atoms with Crippen LogP contribution in [0.15, 0.2) is 30.3 Å². The van der Waals surface area contributed by atoms with Crippen LogP contribution in [0.1, 0.15) is 25.8 Å². The minimum Gasteiger partial charge on any atom is -0.480 e. The normalized spacial score (nSPS) is 13.0. The fraction of sp³-hybridized carbons (Fsp3) is 0.385. The highest BCUT2D eigenvalue weighted by Crippen LogP contribution is 2.30. The zero-order chi connectivity index (χ0) is 12.9. The standard InChI is InChI=1S/C13H16O4.ClH/c1-3-13(11(14)15,12(16)17-4-2)10-8-6-5-7-9-10;/h5-9H,3-4H2,1-2H3,(H,14,15);1H. The number of carboxylic acids is 1. The van der Waals surface area contributed by atoms with E-state index in [1.54, 1.807) is 44.2 Å². The van der Waals surface area contributed by atoms with Crippen molar-refractivity contribution >= 4 is 24.3 Å². The monoisotopic (exact) mass is 272 g/mol. The number of hydrogen-bond acceptors (Lipinski definition) is 3. The Morgan fingerprint density at radius 1 is 1.22 bits per heavy atom. The molecule has 100 valence electrons. The molecule has 1 aromatic carbocycles. The van der Waals surface area contributed by atoms with E-state index in [1.165, 1.54) is 0 Å². The SMILES string of the molecule is CCOC(=O)C(CC)(C(=O)O)c1ccccc1.Cl. The maximum absolute atomic E-state index is 11.9. The Hall–Kier alpha value is -1.55. The number of carboxylic acid groups (broad SMARTS) is 1. The maximum Gasteiger partial charge on any atom is 0.328 e. The predicted molar refractivity (Wildman–Crippen MR) is 69.9 cm³/mol. The summed E-state index contributed by atoms with van der Waals surface area (Å²) in [7, 11) is 0.